The first-order chi connectivity index (χ1) is 16.2. The van der Waals surface area contributed by atoms with Crippen molar-refractivity contribution in [3.63, 3.8) is 0 Å². The van der Waals surface area contributed by atoms with Crippen LogP contribution in [0.5, 0.6) is 0 Å². The van der Waals surface area contributed by atoms with E-state index in [-0.39, 0.29) is 0 Å². The summed E-state index contributed by atoms with van der Waals surface area (Å²) >= 11 is 0. The Balaban J connectivity index is 1.29. The maximum atomic E-state index is 3.57. The summed E-state index contributed by atoms with van der Waals surface area (Å²) in [5.41, 5.74) is 13.7. The number of H-pyrrole nitrogens is 6. The summed E-state index contributed by atoms with van der Waals surface area (Å²) in [5.74, 6) is 0. The molecule has 0 fully saturated rings. The number of fused-ring (bicyclic) bond motifs is 15. The topological polar surface area (TPSA) is 94.7 Å². The van der Waals surface area contributed by atoms with Gasteiger partial charge in [0.25, 0.3) is 0 Å². The third kappa shape index (κ3) is 3.36. The van der Waals surface area contributed by atoms with Crippen molar-refractivity contribution in [3.8, 4) is 34.2 Å². The standard InChI is InChI=1S/C27H24N6/c1-7-22-23-8-3-18(30-23)14-19-5-11-26(32-19)27-12-6-21(33-27)15-20-4-10-25(31-20)24-9-2-17(29-24)13-16(1)28-22/h1-12,28-33H,13-15H2. The van der Waals surface area contributed by atoms with Crippen LogP contribution >= 0.6 is 0 Å². The summed E-state index contributed by atoms with van der Waals surface area (Å²) in [5, 5.41) is 0. The van der Waals surface area contributed by atoms with Gasteiger partial charge in [0.2, 0.25) is 0 Å². The second-order valence-electron chi connectivity index (χ2n) is 8.91. The molecule has 6 nitrogen and oxygen atoms in total. The fourth-order valence-electron chi connectivity index (χ4n) is 4.82. The number of aromatic amines is 6. The van der Waals surface area contributed by atoms with Crippen molar-refractivity contribution >= 4 is 0 Å². The summed E-state index contributed by atoms with van der Waals surface area (Å²) in [6, 6.07) is 25.9. The minimum atomic E-state index is 0.831. The third-order valence-electron chi connectivity index (χ3n) is 6.49. The third-order valence-corrected chi connectivity index (χ3v) is 6.49. The highest BCUT2D eigenvalue weighted by atomic mass is 14.9. The zero-order valence-electron chi connectivity index (χ0n) is 18.0. The van der Waals surface area contributed by atoms with Gasteiger partial charge in [-0.2, -0.15) is 0 Å². The van der Waals surface area contributed by atoms with Crippen molar-refractivity contribution < 1.29 is 0 Å². The monoisotopic (exact) mass is 432 g/mol. The highest BCUT2D eigenvalue weighted by Crippen LogP contribution is 2.25. The lowest BCUT2D eigenvalue weighted by atomic mass is 10.2. The molecule has 33 heavy (non-hydrogen) atoms. The van der Waals surface area contributed by atoms with Gasteiger partial charge in [0.1, 0.15) is 0 Å². The fraction of sp³-hybridized carbons (Fsp3) is 0.111. The number of hydrogen-bond donors (Lipinski definition) is 6. The van der Waals surface area contributed by atoms with Crippen molar-refractivity contribution in [3.05, 3.63) is 107 Å². The van der Waals surface area contributed by atoms with Gasteiger partial charge in [0.05, 0.1) is 34.2 Å². The van der Waals surface area contributed by atoms with Crippen molar-refractivity contribution in [2.75, 3.05) is 0 Å². The normalized spacial score (nSPS) is 13.1. The Morgan fingerprint density at radius 1 is 0.273 bits per heavy atom. The highest BCUT2D eigenvalue weighted by molar-refractivity contribution is 5.59. The van der Waals surface area contributed by atoms with Crippen LogP contribution in [0.25, 0.3) is 34.2 Å². The second-order valence-corrected chi connectivity index (χ2v) is 8.91. The molecule has 1 aliphatic heterocycles. The molecule has 162 valence electrons. The number of nitrogens with one attached hydrogen (secondary N) is 6. The van der Waals surface area contributed by atoms with E-state index in [0.29, 0.717) is 0 Å². The maximum Gasteiger partial charge on any atom is 0.0621 e. The largest absolute Gasteiger partial charge is 0.357 e. The molecule has 0 unspecified atom stereocenters. The summed E-state index contributed by atoms with van der Waals surface area (Å²) < 4.78 is 0. The van der Waals surface area contributed by atoms with Gasteiger partial charge < -0.3 is 29.9 Å². The Labute approximate surface area is 190 Å². The van der Waals surface area contributed by atoms with Crippen LogP contribution in [0.3, 0.4) is 0 Å². The van der Waals surface area contributed by atoms with Gasteiger partial charge in [-0.15, -0.1) is 0 Å². The van der Waals surface area contributed by atoms with Crippen LogP contribution in [-0.4, -0.2) is 29.9 Å². The lowest BCUT2D eigenvalue weighted by Crippen LogP contribution is -1.90. The second kappa shape index (κ2) is 7.10. The molecule has 0 aliphatic carbocycles. The molecule has 0 spiro atoms. The Morgan fingerprint density at radius 3 is 0.636 bits per heavy atom. The van der Waals surface area contributed by atoms with Crippen LogP contribution in [0, 0.1) is 0 Å². The summed E-state index contributed by atoms with van der Waals surface area (Å²) in [7, 11) is 0. The Kier molecular flexibility index (Phi) is 3.93. The zero-order chi connectivity index (χ0) is 21.8. The molecular weight excluding hydrogens is 408 g/mol. The number of rotatable bonds is 0. The lowest BCUT2D eigenvalue weighted by Gasteiger charge is -1.99. The maximum absolute atomic E-state index is 3.57. The molecule has 7 heterocycles. The van der Waals surface area contributed by atoms with E-state index in [2.05, 4.69) is 103 Å². The van der Waals surface area contributed by atoms with Gasteiger partial charge in [-0.1, -0.05) is 0 Å². The van der Waals surface area contributed by atoms with E-state index in [1.54, 1.807) is 0 Å². The minimum Gasteiger partial charge on any atom is -0.357 e. The predicted octanol–water partition coefficient (Wildman–Crippen LogP) is 5.74. The molecular formula is C27H24N6. The van der Waals surface area contributed by atoms with E-state index in [9.17, 15) is 0 Å². The van der Waals surface area contributed by atoms with Crippen molar-refractivity contribution in [1.82, 2.24) is 29.9 Å². The van der Waals surface area contributed by atoms with Crippen LogP contribution in [0.2, 0.25) is 0 Å². The molecule has 0 radical (unpaired) electrons. The fourth-order valence-corrected chi connectivity index (χ4v) is 4.82. The van der Waals surface area contributed by atoms with Gasteiger partial charge in [-0.05, 0) is 72.8 Å². The van der Waals surface area contributed by atoms with Gasteiger partial charge >= 0.3 is 0 Å². The Morgan fingerprint density at radius 2 is 0.455 bits per heavy atom. The molecule has 0 amide bonds. The first-order valence-electron chi connectivity index (χ1n) is 11.3. The van der Waals surface area contributed by atoms with E-state index in [4.69, 9.17) is 0 Å². The molecule has 1 aliphatic rings. The summed E-state index contributed by atoms with van der Waals surface area (Å²) in [6.07, 6.45) is 2.49. The van der Waals surface area contributed by atoms with Gasteiger partial charge in [0.15, 0.2) is 0 Å². The van der Waals surface area contributed by atoms with Crippen LogP contribution in [0.1, 0.15) is 34.2 Å². The smallest absolute Gasteiger partial charge is 0.0621 e. The molecule has 6 heteroatoms. The lowest BCUT2D eigenvalue weighted by molar-refractivity contribution is 1.04. The molecule has 7 rings (SSSR count). The molecule has 0 atom stereocenters. The molecule has 0 saturated carbocycles. The van der Waals surface area contributed by atoms with Crippen LogP contribution in [0.15, 0.2) is 72.8 Å². The van der Waals surface area contributed by atoms with Crippen molar-refractivity contribution in [2.24, 2.45) is 0 Å². The first-order valence-corrected chi connectivity index (χ1v) is 11.3. The summed E-state index contributed by atoms with van der Waals surface area (Å²) in [4.78, 5) is 21.4. The van der Waals surface area contributed by atoms with Gasteiger partial charge in [0, 0.05) is 53.4 Å². The number of hydrogen-bond acceptors (Lipinski definition) is 0. The first kappa shape index (κ1) is 18.3. The minimum absolute atomic E-state index is 0.831. The Bertz CT molecular complexity index is 1260. The predicted molar refractivity (Wildman–Crippen MR) is 130 cm³/mol. The highest BCUT2D eigenvalue weighted by Gasteiger charge is 2.11. The molecule has 12 bridgehead atoms. The molecule has 6 aromatic heterocycles. The SMILES string of the molecule is c1cc2[nH]c1Cc1ccc([nH]1)-c1ccc([nH]1)Cc1ccc([nH]1)-c1ccc([nH]1)Cc1ccc-2[nH]1. The van der Waals surface area contributed by atoms with E-state index in [0.717, 1.165) is 53.4 Å². The van der Waals surface area contributed by atoms with Crippen LogP contribution in [-0.2, 0) is 19.3 Å². The van der Waals surface area contributed by atoms with Crippen molar-refractivity contribution in [1.29, 1.82) is 0 Å². The zero-order valence-corrected chi connectivity index (χ0v) is 18.0. The van der Waals surface area contributed by atoms with Gasteiger partial charge in [-0.3, -0.25) is 0 Å². The number of aromatic nitrogens is 6. The molecule has 0 saturated heterocycles. The molecule has 6 N–H and O–H groups in total. The summed E-state index contributed by atoms with van der Waals surface area (Å²) in [6.45, 7) is 0. The van der Waals surface area contributed by atoms with Crippen LogP contribution in [0.4, 0.5) is 0 Å². The van der Waals surface area contributed by atoms with Crippen LogP contribution < -0.4 is 0 Å². The average molecular weight is 433 g/mol. The Hall–Kier alpha value is -4.32. The van der Waals surface area contributed by atoms with E-state index in [1.807, 2.05) is 0 Å². The quantitative estimate of drug-likeness (QED) is 0.176. The molecule has 6 aromatic rings. The van der Waals surface area contributed by atoms with Gasteiger partial charge in [-0.25, -0.2) is 0 Å². The molecule has 0 aromatic carbocycles. The van der Waals surface area contributed by atoms with E-state index in [1.165, 1.54) is 34.2 Å². The van der Waals surface area contributed by atoms with Crippen molar-refractivity contribution in [2.45, 2.75) is 19.3 Å². The average Bonchev–Trinajstić information content (AvgIpc) is 3.62. The van der Waals surface area contributed by atoms with E-state index >= 15 is 0 Å². The van der Waals surface area contributed by atoms with E-state index < -0.39 is 0 Å².